The molecule has 3 rings (SSSR count). The highest BCUT2D eigenvalue weighted by Crippen LogP contribution is 2.28. The third kappa shape index (κ3) is 4.85. The number of carboxylic acid groups (broad SMARTS) is 1. The Bertz CT molecular complexity index is 1230. The largest absolute Gasteiger partial charge is 0.480 e. The third-order valence-electron chi connectivity index (χ3n) is 5.11. The van der Waals surface area contributed by atoms with Gasteiger partial charge in [-0.2, -0.15) is 0 Å². The summed E-state index contributed by atoms with van der Waals surface area (Å²) in [4.78, 5) is 47.1. The van der Waals surface area contributed by atoms with Gasteiger partial charge < -0.3 is 30.3 Å². The van der Waals surface area contributed by atoms with Crippen LogP contribution in [0.2, 0.25) is 0 Å². The molecule has 0 fully saturated rings. The second kappa shape index (κ2) is 8.90. The van der Waals surface area contributed by atoms with Crippen molar-refractivity contribution < 1.29 is 28.3 Å². The topological polar surface area (TPSA) is 165 Å². The van der Waals surface area contributed by atoms with Crippen LogP contribution in [0.15, 0.2) is 32.0 Å². The number of furan rings is 1. The molecule has 0 bridgehead atoms. The van der Waals surface area contributed by atoms with Gasteiger partial charge in [-0.25, -0.2) is 14.4 Å². The van der Waals surface area contributed by atoms with Gasteiger partial charge in [0.1, 0.15) is 17.2 Å². The Morgan fingerprint density at radius 3 is 2.58 bits per heavy atom. The number of amides is 3. The fourth-order valence-corrected chi connectivity index (χ4v) is 3.42. The summed E-state index contributed by atoms with van der Waals surface area (Å²) >= 11 is 0. The van der Waals surface area contributed by atoms with Gasteiger partial charge in [-0.3, -0.25) is 4.79 Å². The Hall–Kier alpha value is -3.82. The zero-order valence-electron chi connectivity index (χ0n) is 17.1. The molecule has 1 aromatic carbocycles. The first kappa shape index (κ1) is 21.9. The van der Waals surface area contributed by atoms with Crippen LogP contribution in [0.4, 0.5) is 4.79 Å². The van der Waals surface area contributed by atoms with E-state index in [0.29, 0.717) is 28.5 Å². The lowest BCUT2D eigenvalue weighted by atomic mass is 10.0. The fourth-order valence-electron chi connectivity index (χ4n) is 3.42. The van der Waals surface area contributed by atoms with Gasteiger partial charge in [-0.05, 0) is 43.9 Å². The molecule has 3 aromatic rings. The molecule has 10 nitrogen and oxygen atoms in total. The van der Waals surface area contributed by atoms with Crippen molar-refractivity contribution in [3.8, 4) is 0 Å². The number of primary amides is 1. The number of nitrogens with two attached hydrogens (primary N) is 1. The van der Waals surface area contributed by atoms with E-state index in [-0.39, 0.29) is 24.9 Å². The first-order valence-electron chi connectivity index (χ1n) is 9.67. The summed E-state index contributed by atoms with van der Waals surface area (Å²) in [5.74, 6) is -1.84. The van der Waals surface area contributed by atoms with Crippen LogP contribution in [0, 0.1) is 13.8 Å². The number of nitrogens with one attached hydrogen (secondary N) is 2. The molecule has 0 unspecified atom stereocenters. The number of carbonyl (C=O) groups excluding carboxylic acids is 2. The van der Waals surface area contributed by atoms with Gasteiger partial charge in [0.25, 0.3) is 0 Å². The minimum absolute atomic E-state index is 0.0877. The molecule has 0 radical (unpaired) electrons. The normalized spacial score (nSPS) is 12.1. The number of aliphatic carboxylic acids is 1. The minimum atomic E-state index is -1.22. The van der Waals surface area contributed by atoms with E-state index >= 15 is 0 Å². The first-order chi connectivity index (χ1) is 14.7. The summed E-state index contributed by atoms with van der Waals surface area (Å²) in [6.45, 7) is 3.79. The van der Waals surface area contributed by atoms with Gasteiger partial charge in [0, 0.05) is 23.4 Å². The van der Waals surface area contributed by atoms with Crippen molar-refractivity contribution in [3.05, 3.63) is 45.5 Å². The first-order valence-corrected chi connectivity index (χ1v) is 9.67. The molecule has 164 valence electrons. The molecule has 10 heteroatoms. The van der Waals surface area contributed by atoms with Gasteiger partial charge in [0.05, 0.1) is 18.2 Å². The third-order valence-corrected chi connectivity index (χ3v) is 5.11. The number of benzene rings is 1. The van der Waals surface area contributed by atoms with Crippen molar-refractivity contribution in [3.63, 3.8) is 0 Å². The number of carbonyl (C=O) groups is 3. The summed E-state index contributed by atoms with van der Waals surface area (Å²) in [6.07, 6.45) is 1.67. The number of fused-ring (bicyclic) bond motifs is 2. The van der Waals surface area contributed by atoms with Crippen LogP contribution in [-0.4, -0.2) is 35.6 Å². The minimum Gasteiger partial charge on any atom is -0.480 e. The zero-order valence-corrected chi connectivity index (χ0v) is 17.1. The Morgan fingerprint density at radius 2 is 1.90 bits per heavy atom. The summed E-state index contributed by atoms with van der Waals surface area (Å²) < 4.78 is 10.8. The summed E-state index contributed by atoms with van der Waals surface area (Å²) in [6, 6.07) is 1.60. The smallest absolute Gasteiger partial charge is 0.340 e. The molecule has 0 aliphatic heterocycles. The lowest BCUT2D eigenvalue weighted by molar-refractivity contribution is -0.141. The number of rotatable bonds is 8. The number of urea groups is 1. The van der Waals surface area contributed by atoms with Crippen molar-refractivity contribution >= 4 is 39.8 Å². The second-order valence-corrected chi connectivity index (χ2v) is 7.32. The van der Waals surface area contributed by atoms with Crippen LogP contribution in [-0.2, 0) is 16.0 Å². The SMILES string of the molecule is Cc1coc2cc3oc(=O)c(CC(=O)N[C@H](CCCNC(N)=O)C(=O)O)c(C)c3cc12. The van der Waals surface area contributed by atoms with Crippen LogP contribution in [0.5, 0.6) is 0 Å². The van der Waals surface area contributed by atoms with Crippen LogP contribution in [0.1, 0.15) is 29.5 Å². The maximum absolute atomic E-state index is 12.5. The van der Waals surface area contributed by atoms with Gasteiger partial charge >= 0.3 is 17.6 Å². The molecule has 31 heavy (non-hydrogen) atoms. The lowest BCUT2D eigenvalue weighted by Gasteiger charge is -2.15. The van der Waals surface area contributed by atoms with Crippen molar-refractivity contribution in [2.75, 3.05) is 6.54 Å². The molecule has 5 N–H and O–H groups in total. The van der Waals surface area contributed by atoms with E-state index in [1.54, 1.807) is 19.3 Å². The molecular weight excluding hydrogens is 406 g/mol. The predicted molar refractivity (Wildman–Crippen MR) is 112 cm³/mol. The van der Waals surface area contributed by atoms with Gasteiger partial charge in [0.15, 0.2) is 0 Å². The van der Waals surface area contributed by atoms with Crippen molar-refractivity contribution in [2.45, 2.75) is 39.2 Å². The maximum Gasteiger partial charge on any atom is 0.340 e. The number of carboxylic acids is 1. The van der Waals surface area contributed by atoms with Crippen molar-refractivity contribution in [2.24, 2.45) is 5.73 Å². The van der Waals surface area contributed by atoms with Gasteiger partial charge in [-0.15, -0.1) is 0 Å². The molecule has 0 spiro atoms. The lowest BCUT2D eigenvalue weighted by Crippen LogP contribution is -2.42. The molecule has 0 aliphatic rings. The van der Waals surface area contributed by atoms with E-state index in [9.17, 15) is 24.3 Å². The predicted octanol–water partition coefficient (Wildman–Crippen LogP) is 1.72. The molecule has 2 aromatic heterocycles. The molecule has 0 saturated heterocycles. The van der Waals surface area contributed by atoms with Crippen LogP contribution >= 0.6 is 0 Å². The molecular formula is C21H23N3O7. The van der Waals surface area contributed by atoms with Crippen molar-refractivity contribution in [1.82, 2.24) is 10.6 Å². The Morgan fingerprint density at radius 1 is 1.16 bits per heavy atom. The Labute approximate surface area is 176 Å². The number of aryl methyl sites for hydroxylation is 2. The number of hydrogen-bond donors (Lipinski definition) is 4. The van der Waals surface area contributed by atoms with Crippen LogP contribution in [0.3, 0.4) is 0 Å². The molecule has 0 saturated carbocycles. The Kier molecular flexibility index (Phi) is 6.28. The monoisotopic (exact) mass is 429 g/mol. The van der Waals surface area contributed by atoms with Crippen LogP contribution in [0.25, 0.3) is 21.9 Å². The molecule has 3 amide bonds. The number of hydrogen-bond acceptors (Lipinski definition) is 6. The van der Waals surface area contributed by atoms with E-state index in [1.165, 1.54) is 0 Å². The van der Waals surface area contributed by atoms with Gasteiger partial charge in [-0.1, -0.05) is 0 Å². The van der Waals surface area contributed by atoms with E-state index in [1.807, 2.05) is 13.0 Å². The van der Waals surface area contributed by atoms with Crippen molar-refractivity contribution in [1.29, 1.82) is 0 Å². The summed E-state index contributed by atoms with van der Waals surface area (Å²) in [5.41, 5.74) is 6.90. The fraction of sp³-hybridized carbons (Fsp3) is 0.333. The standard InChI is InChI=1S/C21H23N3O7/c1-10-9-30-16-8-17-13(6-12(10)16)11(2)14(20(28)31-17)7-18(25)24-15(19(26)27)4-3-5-23-21(22)29/h6,8-9,15H,3-5,7H2,1-2H3,(H,24,25)(H,26,27)(H3,22,23,29)/t15-/m1/s1. The second-order valence-electron chi connectivity index (χ2n) is 7.32. The average molecular weight is 429 g/mol. The van der Waals surface area contributed by atoms with E-state index in [2.05, 4.69) is 10.6 Å². The van der Waals surface area contributed by atoms with E-state index in [0.717, 1.165) is 10.9 Å². The summed E-state index contributed by atoms with van der Waals surface area (Å²) in [5, 5.41) is 15.6. The highest BCUT2D eigenvalue weighted by atomic mass is 16.4. The molecule has 0 aliphatic carbocycles. The maximum atomic E-state index is 12.5. The Balaban J connectivity index is 1.79. The highest BCUT2D eigenvalue weighted by molar-refractivity contribution is 5.96. The highest BCUT2D eigenvalue weighted by Gasteiger charge is 2.22. The van der Waals surface area contributed by atoms with E-state index < -0.39 is 29.6 Å². The van der Waals surface area contributed by atoms with Gasteiger partial charge in [0.2, 0.25) is 5.91 Å². The molecule has 2 heterocycles. The molecule has 1 atom stereocenters. The zero-order chi connectivity index (χ0) is 22.7. The van der Waals surface area contributed by atoms with E-state index in [4.69, 9.17) is 14.6 Å². The van der Waals surface area contributed by atoms with Crippen LogP contribution < -0.4 is 22.0 Å². The average Bonchev–Trinajstić information content (AvgIpc) is 3.05. The quantitative estimate of drug-likeness (QED) is 0.312. The summed E-state index contributed by atoms with van der Waals surface area (Å²) in [7, 11) is 0.